The molecule has 0 aliphatic rings. The lowest BCUT2D eigenvalue weighted by molar-refractivity contribution is -0.385. The van der Waals surface area contributed by atoms with Crippen molar-refractivity contribution in [1.82, 2.24) is 5.43 Å². The molecule has 12 heteroatoms. The SMILES string of the molecule is COc1cc(OC)c([N+](=O)[O-])cc1/C=N\NC(=O)c1cc([N+](=O)[O-])ccc1OC. The van der Waals surface area contributed by atoms with Crippen molar-refractivity contribution < 1.29 is 28.9 Å². The molecule has 0 saturated heterocycles. The fourth-order valence-corrected chi connectivity index (χ4v) is 2.36. The van der Waals surface area contributed by atoms with E-state index in [0.717, 1.165) is 12.3 Å². The van der Waals surface area contributed by atoms with E-state index in [4.69, 9.17) is 14.2 Å². The van der Waals surface area contributed by atoms with Crippen LogP contribution in [0.2, 0.25) is 0 Å². The van der Waals surface area contributed by atoms with Gasteiger partial charge in [-0.1, -0.05) is 0 Å². The smallest absolute Gasteiger partial charge is 0.311 e. The molecule has 0 aliphatic carbocycles. The van der Waals surface area contributed by atoms with E-state index < -0.39 is 15.8 Å². The van der Waals surface area contributed by atoms with E-state index in [2.05, 4.69) is 10.5 Å². The maximum Gasteiger partial charge on any atom is 0.311 e. The highest BCUT2D eigenvalue weighted by Crippen LogP contribution is 2.33. The number of hydrogen-bond acceptors (Lipinski definition) is 9. The zero-order valence-corrected chi connectivity index (χ0v) is 15.6. The van der Waals surface area contributed by atoms with E-state index in [-0.39, 0.29) is 39.8 Å². The first-order chi connectivity index (χ1) is 13.8. The number of nitrogens with zero attached hydrogens (tertiary/aromatic N) is 3. The molecule has 0 unspecified atom stereocenters. The lowest BCUT2D eigenvalue weighted by atomic mass is 10.1. The summed E-state index contributed by atoms with van der Waals surface area (Å²) in [7, 11) is 3.94. The predicted octanol–water partition coefficient (Wildman–Crippen LogP) is 2.29. The number of benzene rings is 2. The summed E-state index contributed by atoms with van der Waals surface area (Å²) in [6.07, 6.45) is 1.13. The Morgan fingerprint density at radius 3 is 2.17 bits per heavy atom. The molecule has 29 heavy (non-hydrogen) atoms. The number of nitro groups is 2. The van der Waals surface area contributed by atoms with E-state index in [1.165, 1.54) is 45.6 Å². The number of carbonyl (C=O) groups is 1. The number of ether oxygens (including phenoxy) is 3. The fourth-order valence-electron chi connectivity index (χ4n) is 2.36. The van der Waals surface area contributed by atoms with Crippen molar-refractivity contribution in [3.8, 4) is 17.2 Å². The summed E-state index contributed by atoms with van der Waals surface area (Å²) < 4.78 is 15.1. The molecule has 0 spiro atoms. The minimum absolute atomic E-state index is 0.00522. The molecule has 0 bridgehead atoms. The molecule has 2 rings (SSSR count). The van der Waals surface area contributed by atoms with Gasteiger partial charge in [-0.2, -0.15) is 5.10 Å². The Hall–Kier alpha value is -4.22. The molecule has 1 amide bonds. The first kappa shape index (κ1) is 21.1. The van der Waals surface area contributed by atoms with Gasteiger partial charge >= 0.3 is 5.69 Å². The van der Waals surface area contributed by atoms with Crippen molar-refractivity contribution in [3.63, 3.8) is 0 Å². The van der Waals surface area contributed by atoms with Crippen LogP contribution in [0.1, 0.15) is 15.9 Å². The van der Waals surface area contributed by atoms with Crippen molar-refractivity contribution in [2.75, 3.05) is 21.3 Å². The van der Waals surface area contributed by atoms with Crippen LogP contribution in [-0.4, -0.2) is 43.3 Å². The third-order valence-corrected chi connectivity index (χ3v) is 3.74. The van der Waals surface area contributed by atoms with Crippen LogP contribution in [0, 0.1) is 20.2 Å². The van der Waals surface area contributed by atoms with Crippen molar-refractivity contribution in [1.29, 1.82) is 0 Å². The van der Waals surface area contributed by atoms with Crippen LogP contribution in [0.4, 0.5) is 11.4 Å². The molecule has 0 fully saturated rings. The maximum absolute atomic E-state index is 12.3. The van der Waals surface area contributed by atoms with Crippen LogP contribution in [0.25, 0.3) is 0 Å². The predicted molar refractivity (Wildman–Crippen MR) is 101 cm³/mol. The first-order valence-electron chi connectivity index (χ1n) is 7.88. The summed E-state index contributed by atoms with van der Waals surface area (Å²) in [6.45, 7) is 0. The van der Waals surface area contributed by atoms with Gasteiger partial charge in [-0.05, 0) is 6.07 Å². The zero-order chi connectivity index (χ0) is 21.6. The lowest BCUT2D eigenvalue weighted by Gasteiger charge is -2.08. The average molecular weight is 404 g/mol. The number of hydrazone groups is 1. The number of hydrogen-bond donors (Lipinski definition) is 1. The Labute approximate surface area is 164 Å². The molecular formula is C17H16N4O8. The summed E-state index contributed by atoms with van der Waals surface area (Å²) in [6, 6.07) is 6.00. The molecule has 0 heterocycles. The van der Waals surface area contributed by atoms with Gasteiger partial charge < -0.3 is 14.2 Å². The second-order valence-corrected chi connectivity index (χ2v) is 5.36. The van der Waals surface area contributed by atoms with Gasteiger partial charge in [-0.25, -0.2) is 5.43 Å². The van der Waals surface area contributed by atoms with E-state index >= 15 is 0 Å². The number of nitrogens with one attached hydrogen (secondary N) is 1. The van der Waals surface area contributed by atoms with Crippen LogP contribution >= 0.6 is 0 Å². The van der Waals surface area contributed by atoms with Crippen molar-refractivity contribution in [3.05, 3.63) is 61.7 Å². The molecule has 0 radical (unpaired) electrons. The Kier molecular flexibility index (Phi) is 6.63. The van der Waals surface area contributed by atoms with Gasteiger partial charge in [0.05, 0.1) is 43.0 Å². The number of amides is 1. The monoisotopic (exact) mass is 404 g/mol. The Morgan fingerprint density at radius 2 is 1.62 bits per heavy atom. The topological polar surface area (TPSA) is 155 Å². The van der Waals surface area contributed by atoms with E-state index in [1.807, 2.05) is 0 Å². The zero-order valence-electron chi connectivity index (χ0n) is 15.6. The van der Waals surface area contributed by atoms with Gasteiger partial charge in [0.15, 0.2) is 0 Å². The van der Waals surface area contributed by atoms with Gasteiger partial charge in [0, 0.05) is 29.8 Å². The standard InChI is InChI=1S/C17H16N4O8/c1-27-14-5-4-11(20(23)24)7-12(14)17(22)19-18-9-10-6-13(21(25)26)16(29-3)8-15(10)28-2/h4-9H,1-3H3,(H,19,22)/b18-9-. The molecule has 0 saturated carbocycles. The number of rotatable bonds is 8. The number of nitro benzene ring substituents is 2. The van der Waals surface area contributed by atoms with Crippen LogP contribution in [0.15, 0.2) is 35.4 Å². The minimum Gasteiger partial charge on any atom is -0.496 e. The van der Waals surface area contributed by atoms with Gasteiger partial charge in [-0.3, -0.25) is 25.0 Å². The average Bonchev–Trinajstić information content (AvgIpc) is 2.72. The number of carbonyl (C=O) groups excluding carboxylic acids is 1. The van der Waals surface area contributed by atoms with Crippen molar-refractivity contribution >= 4 is 23.5 Å². The summed E-state index contributed by atoms with van der Waals surface area (Å²) in [5, 5.41) is 25.8. The summed E-state index contributed by atoms with van der Waals surface area (Å²) >= 11 is 0. The second-order valence-electron chi connectivity index (χ2n) is 5.36. The lowest BCUT2D eigenvalue weighted by Crippen LogP contribution is -2.18. The largest absolute Gasteiger partial charge is 0.496 e. The molecule has 2 aromatic carbocycles. The summed E-state index contributed by atoms with van der Waals surface area (Å²) in [5.74, 6) is -0.447. The van der Waals surface area contributed by atoms with Crippen LogP contribution in [0.5, 0.6) is 17.2 Å². The van der Waals surface area contributed by atoms with Crippen molar-refractivity contribution in [2.45, 2.75) is 0 Å². The molecule has 0 aromatic heterocycles. The van der Waals surface area contributed by atoms with Gasteiger partial charge in [0.1, 0.15) is 11.5 Å². The minimum atomic E-state index is -0.774. The van der Waals surface area contributed by atoms with Crippen molar-refractivity contribution in [2.24, 2.45) is 5.10 Å². The summed E-state index contributed by atoms with van der Waals surface area (Å²) in [4.78, 5) is 33.1. The van der Waals surface area contributed by atoms with E-state index in [0.29, 0.717) is 0 Å². The van der Waals surface area contributed by atoms with Crippen LogP contribution in [0.3, 0.4) is 0 Å². The highest BCUT2D eigenvalue weighted by atomic mass is 16.6. The second kappa shape index (κ2) is 9.12. The van der Waals surface area contributed by atoms with Crippen LogP contribution in [-0.2, 0) is 0 Å². The van der Waals surface area contributed by atoms with Gasteiger partial charge in [-0.15, -0.1) is 0 Å². The number of non-ortho nitro benzene ring substituents is 1. The number of methoxy groups -OCH3 is 3. The fraction of sp³-hybridized carbons (Fsp3) is 0.176. The van der Waals surface area contributed by atoms with Gasteiger partial charge in [0.2, 0.25) is 5.75 Å². The summed E-state index contributed by atoms with van der Waals surface area (Å²) in [5.41, 5.74) is 1.67. The van der Waals surface area contributed by atoms with Crippen LogP contribution < -0.4 is 19.6 Å². The molecule has 0 aliphatic heterocycles. The molecule has 1 N–H and O–H groups in total. The normalized spacial score (nSPS) is 10.4. The quantitative estimate of drug-likeness (QED) is 0.399. The first-order valence-corrected chi connectivity index (χ1v) is 7.88. The Bertz CT molecular complexity index is 990. The highest BCUT2D eigenvalue weighted by Gasteiger charge is 2.20. The van der Waals surface area contributed by atoms with E-state index in [9.17, 15) is 25.0 Å². The third kappa shape index (κ3) is 4.74. The molecule has 2 aromatic rings. The third-order valence-electron chi connectivity index (χ3n) is 3.74. The molecule has 12 nitrogen and oxygen atoms in total. The van der Waals surface area contributed by atoms with Gasteiger partial charge in [0.25, 0.3) is 11.6 Å². The van der Waals surface area contributed by atoms with E-state index in [1.54, 1.807) is 0 Å². The molecule has 0 atom stereocenters. The highest BCUT2D eigenvalue weighted by molar-refractivity contribution is 5.98. The Morgan fingerprint density at radius 1 is 0.966 bits per heavy atom. The maximum atomic E-state index is 12.3. The molecule has 152 valence electrons. The Balaban J connectivity index is 2.31. The molecular weight excluding hydrogens is 388 g/mol.